The average Bonchev–Trinajstić information content (AvgIpc) is 2.93. The molecule has 0 radical (unpaired) electrons. The lowest BCUT2D eigenvalue weighted by atomic mass is 10.0. The number of benzene rings is 3. The molecule has 0 fully saturated rings. The number of nitrogens with zero attached hydrogens (tertiary/aromatic N) is 2. The molecule has 1 atom stereocenters. The van der Waals surface area contributed by atoms with Crippen LogP contribution in [-0.4, -0.2) is 50.5 Å². The first-order valence-electron chi connectivity index (χ1n) is 13.5. The summed E-state index contributed by atoms with van der Waals surface area (Å²) in [5.41, 5.74) is 1.58. The summed E-state index contributed by atoms with van der Waals surface area (Å²) in [6, 6.07) is 21.0. The van der Waals surface area contributed by atoms with Crippen LogP contribution < -0.4 is 9.62 Å². The second kappa shape index (κ2) is 15.0. The summed E-state index contributed by atoms with van der Waals surface area (Å²) < 4.78 is 41.0. The molecule has 41 heavy (non-hydrogen) atoms. The van der Waals surface area contributed by atoms with Crippen molar-refractivity contribution in [2.45, 2.75) is 45.7 Å². The van der Waals surface area contributed by atoms with Gasteiger partial charge >= 0.3 is 0 Å². The average molecular weight is 602 g/mol. The minimum Gasteiger partial charge on any atom is -0.354 e. The standard InChI is InChI=1S/C31H37ClFN3O4S/c1-23(2)21-34-31(38)29(20-24-10-5-4-6-11-24)35(22-25-12-7-8-13-28(25)33)30(37)14-9-19-36(41(3,39)40)27-17-15-26(32)16-18-27/h4-8,10-13,15-18,23,29H,9,14,19-22H2,1-3H3,(H,34,38)/t29-/m1/s1. The Morgan fingerprint density at radius 2 is 1.59 bits per heavy atom. The molecular formula is C31H37ClFN3O4S. The molecule has 3 aromatic rings. The van der Waals surface area contributed by atoms with Crippen molar-refractivity contribution in [1.29, 1.82) is 0 Å². The second-order valence-electron chi connectivity index (χ2n) is 10.4. The molecule has 220 valence electrons. The van der Waals surface area contributed by atoms with Crippen LogP contribution in [0, 0.1) is 11.7 Å². The van der Waals surface area contributed by atoms with E-state index in [0.29, 0.717) is 17.3 Å². The predicted octanol–water partition coefficient (Wildman–Crippen LogP) is 5.44. The molecule has 0 unspecified atom stereocenters. The second-order valence-corrected chi connectivity index (χ2v) is 12.7. The van der Waals surface area contributed by atoms with Gasteiger partial charge in [0.1, 0.15) is 11.9 Å². The Labute approximate surface area is 247 Å². The summed E-state index contributed by atoms with van der Waals surface area (Å²) in [7, 11) is -3.64. The maximum absolute atomic E-state index is 14.7. The molecule has 0 saturated carbocycles. The SMILES string of the molecule is CC(C)CNC(=O)[C@@H](Cc1ccccc1)N(Cc1ccccc1F)C(=O)CCCN(c1ccc(Cl)cc1)S(C)(=O)=O. The summed E-state index contributed by atoms with van der Waals surface area (Å²) >= 11 is 5.96. The van der Waals surface area contributed by atoms with E-state index in [1.54, 1.807) is 42.5 Å². The quantitative estimate of drug-likeness (QED) is 0.267. The highest BCUT2D eigenvalue weighted by Crippen LogP contribution is 2.22. The van der Waals surface area contributed by atoms with E-state index in [-0.39, 0.29) is 55.6 Å². The van der Waals surface area contributed by atoms with Gasteiger partial charge in [-0.05, 0) is 48.2 Å². The van der Waals surface area contributed by atoms with E-state index in [9.17, 15) is 22.4 Å². The van der Waals surface area contributed by atoms with Gasteiger partial charge in [0.05, 0.1) is 11.9 Å². The minimum atomic E-state index is -3.64. The van der Waals surface area contributed by atoms with E-state index < -0.39 is 21.9 Å². The van der Waals surface area contributed by atoms with Gasteiger partial charge in [0.25, 0.3) is 0 Å². The third-order valence-electron chi connectivity index (χ3n) is 6.52. The van der Waals surface area contributed by atoms with Gasteiger partial charge in [-0.15, -0.1) is 0 Å². The highest BCUT2D eigenvalue weighted by atomic mass is 35.5. The number of carbonyl (C=O) groups excluding carboxylic acids is 2. The van der Waals surface area contributed by atoms with Crippen LogP contribution in [-0.2, 0) is 32.6 Å². The summed E-state index contributed by atoms with van der Waals surface area (Å²) in [6.07, 6.45) is 1.48. The highest BCUT2D eigenvalue weighted by molar-refractivity contribution is 7.92. The molecule has 0 aromatic heterocycles. The number of hydrogen-bond donors (Lipinski definition) is 1. The Morgan fingerprint density at radius 1 is 0.951 bits per heavy atom. The van der Waals surface area contributed by atoms with Crippen molar-refractivity contribution >= 4 is 39.1 Å². The van der Waals surface area contributed by atoms with Gasteiger partial charge in [0, 0.05) is 43.1 Å². The molecular weight excluding hydrogens is 565 g/mol. The van der Waals surface area contributed by atoms with Gasteiger partial charge in [-0.25, -0.2) is 12.8 Å². The Kier molecular flexibility index (Phi) is 11.7. The third kappa shape index (κ3) is 9.86. The zero-order chi connectivity index (χ0) is 30.0. The van der Waals surface area contributed by atoms with E-state index in [4.69, 9.17) is 11.6 Å². The van der Waals surface area contributed by atoms with Crippen LogP contribution >= 0.6 is 11.6 Å². The molecule has 0 aliphatic carbocycles. The van der Waals surface area contributed by atoms with Crippen molar-refractivity contribution in [3.8, 4) is 0 Å². The van der Waals surface area contributed by atoms with Crippen molar-refractivity contribution in [3.63, 3.8) is 0 Å². The number of nitrogens with one attached hydrogen (secondary N) is 1. The largest absolute Gasteiger partial charge is 0.354 e. The molecule has 0 aliphatic rings. The van der Waals surface area contributed by atoms with Crippen LogP contribution in [0.5, 0.6) is 0 Å². The van der Waals surface area contributed by atoms with Crippen molar-refractivity contribution in [1.82, 2.24) is 10.2 Å². The minimum absolute atomic E-state index is 0.0443. The molecule has 1 N–H and O–H groups in total. The van der Waals surface area contributed by atoms with Crippen molar-refractivity contribution in [2.24, 2.45) is 5.92 Å². The van der Waals surface area contributed by atoms with E-state index in [1.165, 1.54) is 15.3 Å². The fourth-order valence-electron chi connectivity index (χ4n) is 4.40. The molecule has 0 aliphatic heterocycles. The maximum Gasteiger partial charge on any atom is 0.243 e. The van der Waals surface area contributed by atoms with Crippen molar-refractivity contribution in [3.05, 3.63) is 101 Å². The Hall–Kier alpha value is -3.43. The number of hydrogen-bond acceptors (Lipinski definition) is 4. The number of halogens is 2. The molecule has 3 rings (SSSR count). The van der Waals surface area contributed by atoms with Crippen LogP contribution in [0.15, 0.2) is 78.9 Å². The predicted molar refractivity (Wildman–Crippen MR) is 162 cm³/mol. The molecule has 0 saturated heterocycles. The molecule has 0 bridgehead atoms. The first-order chi connectivity index (χ1) is 19.5. The van der Waals surface area contributed by atoms with Crippen LogP contribution in [0.2, 0.25) is 5.02 Å². The molecule has 0 spiro atoms. The van der Waals surface area contributed by atoms with Crippen LogP contribution in [0.4, 0.5) is 10.1 Å². The first-order valence-corrected chi connectivity index (χ1v) is 15.8. The number of rotatable bonds is 14. The van der Waals surface area contributed by atoms with E-state index in [2.05, 4.69) is 5.32 Å². The smallest absolute Gasteiger partial charge is 0.243 e. The summed E-state index contributed by atoms with van der Waals surface area (Å²) in [6.45, 7) is 4.32. The Morgan fingerprint density at radius 3 is 2.20 bits per heavy atom. The summed E-state index contributed by atoms with van der Waals surface area (Å²) in [4.78, 5) is 28.7. The number of anilines is 1. The normalized spacial score (nSPS) is 12.1. The van der Waals surface area contributed by atoms with Crippen molar-refractivity contribution in [2.75, 3.05) is 23.7 Å². The third-order valence-corrected chi connectivity index (χ3v) is 7.97. The molecule has 0 heterocycles. The molecule has 2 amide bonds. The lowest BCUT2D eigenvalue weighted by molar-refractivity contribution is -0.141. The van der Waals surface area contributed by atoms with Gasteiger partial charge < -0.3 is 10.2 Å². The topological polar surface area (TPSA) is 86.8 Å². The fraction of sp³-hybridized carbons (Fsp3) is 0.355. The lowest BCUT2D eigenvalue weighted by Gasteiger charge is -2.32. The van der Waals surface area contributed by atoms with Crippen LogP contribution in [0.1, 0.15) is 37.8 Å². The van der Waals surface area contributed by atoms with Gasteiger partial charge in [-0.2, -0.15) is 0 Å². The summed E-state index contributed by atoms with van der Waals surface area (Å²) in [5, 5.41) is 3.41. The van der Waals surface area contributed by atoms with Gasteiger partial charge in [-0.3, -0.25) is 13.9 Å². The lowest BCUT2D eigenvalue weighted by Crippen LogP contribution is -2.51. The number of amides is 2. The van der Waals surface area contributed by atoms with E-state index in [0.717, 1.165) is 11.8 Å². The van der Waals surface area contributed by atoms with Gasteiger partial charge in [0.2, 0.25) is 21.8 Å². The Bertz CT molecular complexity index is 1400. The van der Waals surface area contributed by atoms with Crippen molar-refractivity contribution < 1.29 is 22.4 Å². The molecule has 7 nitrogen and oxygen atoms in total. The monoisotopic (exact) mass is 601 g/mol. The van der Waals surface area contributed by atoms with E-state index in [1.807, 2.05) is 44.2 Å². The Balaban J connectivity index is 1.88. The van der Waals surface area contributed by atoms with Gasteiger partial charge in [-0.1, -0.05) is 74.0 Å². The number of carbonyl (C=O) groups is 2. The van der Waals surface area contributed by atoms with Crippen LogP contribution in [0.3, 0.4) is 0 Å². The number of sulfonamides is 1. The highest BCUT2D eigenvalue weighted by Gasteiger charge is 2.31. The van der Waals surface area contributed by atoms with Crippen LogP contribution in [0.25, 0.3) is 0 Å². The maximum atomic E-state index is 14.7. The summed E-state index contributed by atoms with van der Waals surface area (Å²) in [5.74, 6) is -0.983. The molecule has 10 heteroatoms. The first kappa shape index (κ1) is 32.1. The molecule has 3 aromatic carbocycles. The fourth-order valence-corrected chi connectivity index (χ4v) is 5.49. The zero-order valence-electron chi connectivity index (χ0n) is 23.6. The zero-order valence-corrected chi connectivity index (χ0v) is 25.2. The van der Waals surface area contributed by atoms with Gasteiger partial charge in [0.15, 0.2) is 0 Å². The van der Waals surface area contributed by atoms with E-state index >= 15 is 0 Å².